The van der Waals surface area contributed by atoms with Crippen molar-refractivity contribution in [3.05, 3.63) is 34.9 Å². The zero-order valence-electron chi connectivity index (χ0n) is 12.1. The van der Waals surface area contributed by atoms with Gasteiger partial charge in [-0.3, -0.25) is 0 Å². The number of aliphatic hydroxyl groups is 1. The van der Waals surface area contributed by atoms with Gasteiger partial charge in [-0.2, -0.15) is 0 Å². The highest BCUT2D eigenvalue weighted by Gasteiger charge is 2.33. The van der Waals surface area contributed by atoms with Gasteiger partial charge in [-0.25, -0.2) is 0 Å². The lowest BCUT2D eigenvalue weighted by atomic mass is 9.75. The fourth-order valence-electron chi connectivity index (χ4n) is 4.02. The first kappa shape index (κ1) is 13.2. The maximum absolute atomic E-state index is 10.8. The van der Waals surface area contributed by atoms with Crippen LogP contribution in [0.25, 0.3) is 0 Å². The van der Waals surface area contributed by atoms with Crippen LogP contribution in [0, 0.1) is 5.92 Å². The summed E-state index contributed by atoms with van der Waals surface area (Å²) in [5, 5.41) is 10.8. The fraction of sp³-hybridized carbons (Fsp3) is 0.667. The Kier molecular flexibility index (Phi) is 3.66. The monoisotopic (exact) mass is 258 g/mol. The number of hydrogen-bond donors (Lipinski definition) is 1. The Bertz CT molecular complexity index is 441. The standard InChI is InChI=1S/C18H26O/c1-18(19,17-8-3-2-4-9-17)13-14-10-11-15-6-5-7-16(15)12-14/h10-12,17,19H,2-9,13H2,1H3. The van der Waals surface area contributed by atoms with Gasteiger partial charge in [0.25, 0.3) is 0 Å². The van der Waals surface area contributed by atoms with E-state index in [1.165, 1.54) is 68.1 Å². The summed E-state index contributed by atoms with van der Waals surface area (Å²) in [5.74, 6) is 0.495. The van der Waals surface area contributed by atoms with Crippen molar-refractivity contribution >= 4 is 0 Å². The molecule has 1 nitrogen and oxygen atoms in total. The Morgan fingerprint density at radius 1 is 1.05 bits per heavy atom. The number of fused-ring (bicyclic) bond motifs is 1. The predicted molar refractivity (Wildman–Crippen MR) is 79.4 cm³/mol. The second-order valence-corrected chi connectivity index (χ2v) is 6.83. The highest BCUT2D eigenvalue weighted by molar-refractivity contribution is 5.35. The zero-order chi connectivity index (χ0) is 13.3. The van der Waals surface area contributed by atoms with Crippen molar-refractivity contribution in [3.8, 4) is 0 Å². The third-order valence-electron chi connectivity index (χ3n) is 5.21. The summed E-state index contributed by atoms with van der Waals surface area (Å²) in [6.45, 7) is 2.05. The Morgan fingerprint density at radius 3 is 2.58 bits per heavy atom. The first-order valence-electron chi connectivity index (χ1n) is 7.98. The lowest BCUT2D eigenvalue weighted by Gasteiger charge is -2.36. The normalized spacial score (nSPS) is 23.1. The van der Waals surface area contributed by atoms with Crippen LogP contribution in [0.2, 0.25) is 0 Å². The van der Waals surface area contributed by atoms with Crippen LogP contribution in [-0.4, -0.2) is 10.7 Å². The van der Waals surface area contributed by atoms with E-state index in [0.29, 0.717) is 5.92 Å². The second-order valence-electron chi connectivity index (χ2n) is 6.83. The minimum absolute atomic E-state index is 0.495. The smallest absolute Gasteiger partial charge is 0.0687 e. The van der Waals surface area contributed by atoms with Crippen LogP contribution in [-0.2, 0) is 19.3 Å². The van der Waals surface area contributed by atoms with Crippen LogP contribution in [0.15, 0.2) is 18.2 Å². The Morgan fingerprint density at radius 2 is 1.79 bits per heavy atom. The fourth-order valence-corrected chi connectivity index (χ4v) is 4.02. The van der Waals surface area contributed by atoms with Crippen LogP contribution in [0.4, 0.5) is 0 Å². The van der Waals surface area contributed by atoms with E-state index < -0.39 is 5.60 Å². The number of aryl methyl sites for hydroxylation is 2. The van der Waals surface area contributed by atoms with Crippen LogP contribution in [0.5, 0.6) is 0 Å². The molecular weight excluding hydrogens is 232 g/mol. The molecule has 0 aliphatic heterocycles. The molecule has 1 fully saturated rings. The summed E-state index contributed by atoms with van der Waals surface area (Å²) in [4.78, 5) is 0. The molecule has 19 heavy (non-hydrogen) atoms. The van der Waals surface area contributed by atoms with Gasteiger partial charge in [0.2, 0.25) is 0 Å². The van der Waals surface area contributed by atoms with Gasteiger partial charge in [0.15, 0.2) is 0 Å². The van der Waals surface area contributed by atoms with E-state index in [2.05, 4.69) is 25.1 Å². The molecule has 0 heterocycles. The largest absolute Gasteiger partial charge is 0.390 e. The van der Waals surface area contributed by atoms with Crippen molar-refractivity contribution in [3.63, 3.8) is 0 Å². The van der Waals surface area contributed by atoms with E-state index in [1.807, 2.05) is 0 Å². The van der Waals surface area contributed by atoms with E-state index in [9.17, 15) is 5.11 Å². The van der Waals surface area contributed by atoms with Crippen LogP contribution < -0.4 is 0 Å². The molecule has 3 rings (SSSR count). The molecule has 2 aliphatic carbocycles. The molecule has 1 aromatic carbocycles. The van der Waals surface area contributed by atoms with Crippen molar-refractivity contribution in [2.45, 2.75) is 70.3 Å². The Labute approximate surface area is 117 Å². The average molecular weight is 258 g/mol. The molecule has 0 aromatic heterocycles. The van der Waals surface area contributed by atoms with Crippen molar-refractivity contribution in [2.24, 2.45) is 5.92 Å². The lowest BCUT2D eigenvalue weighted by Crippen LogP contribution is -2.38. The second kappa shape index (κ2) is 5.28. The van der Waals surface area contributed by atoms with Crippen LogP contribution in [0.1, 0.15) is 62.1 Å². The number of hydrogen-bond acceptors (Lipinski definition) is 1. The van der Waals surface area contributed by atoms with Crippen molar-refractivity contribution in [1.29, 1.82) is 0 Å². The summed E-state index contributed by atoms with van der Waals surface area (Å²) in [5.41, 5.74) is 3.86. The highest BCUT2D eigenvalue weighted by Crippen LogP contribution is 2.35. The maximum atomic E-state index is 10.8. The molecular formula is C18H26O. The van der Waals surface area contributed by atoms with Gasteiger partial charge < -0.3 is 5.11 Å². The highest BCUT2D eigenvalue weighted by atomic mass is 16.3. The third kappa shape index (κ3) is 2.86. The van der Waals surface area contributed by atoms with Crippen molar-refractivity contribution in [2.75, 3.05) is 0 Å². The first-order chi connectivity index (χ1) is 9.15. The zero-order valence-corrected chi connectivity index (χ0v) is 12.1. The van der Waals surface area contributed by atoms with Gasteiger partial charge >= 0.3 is 0 Å². The SMILES string of the molecule is CC(O)(Cc1ccc2c(c1)CCC2)C1CCCCC1. The summed E-state index contributed by atoms with van der Waals surface area (Å²) in [6.07, 6.45) is 11.0. The molecule has 1 atom stereocenters. The van der Waals surface area contributed by atoms with E-state index in [4.69, 9.17) is 0 Å². The molecule has 2 aliphatic rings. The molecule has 0 saturated heterocycles. The Hall–Kier alpha value is -0.820. The van der Waals surface area contributed by atoms with Gasteiger partial charge in [0.05, 0.1) is 5.60 Å². The minimum atomic E-state index is -0.521. The molecule has 0 bridgehead atoms. The molecule has 1 aromatic rings. The Balaban J connectivity index is 1.72. The molecule has 1 heteroatoms. The van der Waals surface area contributed by atoms with Crippen LogP contribution in [0.3, 0.4) is 0 Å². The summed E-state index contributed by atoms with van der Waals surface area (Å²) < 4.78 is 0. The van der Waals surface area contributed by atoms with Crippen LogP contribution >= 0.6 is 0 Å². The number of benzene rings is 1. The summed E-state index contributed by atoms with van der Waals surface area (Å²) in [7, 11) is 0. The third-order valence-corrected chi connectivity index (χ3v) is 5.21. The lowest BCUT2D eigenvalue weighted by molar-refractivity contribution is -0.0159. The predicted octanol–water partition coefficient (Wildman–Crippen LogP) is 4.05. The summed E-state index contributed by atoms with van der Waals surface area (Å²) >= 11 is 0. The molecule has 1 N–H and O–H groups in total. The van der Waals surface area contributed by atoms with Gasteiger partial charge in [0, 0.05) is 6.42 Å². The van der Waals surface area contributed by atoms with E-state index in [0.717, 1.165) is 6.42 Å². The van der Waals surface area contributed by atoms with E-state index in [-0.39, 0.29) is 0 Å². The molecule has 1 unspecified atom stereocenters. The molecule has 0 spiro atoms. The van der Waals surface area contributed by atoms with Crippen molar-refractivity contribution in [1.82, 2.24) is 0 Å². The molecule has 0 amide bonds. The van der Waals surface area contributed by atoms with Crippen molar-refractivity contribution < 1.29 is 5.11 Å². The van der Waals surface area contributed by atoms with E-state index in [1.54, 1.807) is 0 Å². The quantitative estimate of drug-likeness (QED) is 0.867. The molecule has 1 saturated carbocycles. The minimum Gasteiger partial charge on any atom is -0.390 e. The van der Waals surface area contributed by atoms with Gasteiger partial charge in [-0.05, 0) is 61.6 Å². The summed E-state index contributed by atoms with van der Waals surface area (Å²) in [6, 6.07) is 6.87. The van der Waals surface area contributed by atoms with E-state index >= 15 is 0 Å². The van der Waals surface area contributed by atoms with Gasteiger partial charge in [-0.1, -0.05) is 37.5 Å². The maximum Gasteiger partial charge on any atom is 0.0687 e. The topological polar surface area (TPSA) is 20.2 Å². The van der Waals surface area contributed by atoms with Gasteiger partial charge in [-0.15, -0.1) is 0 Å². The molecule has 104 valence electrons. The van der Waals surface area contributed by atoms with Gasteiger partial charge in [0.1, 0.15) is 0 Å². The molecule has 0 radical (unpaired) electrons. The number of rotatable bonds is 3. The average Bonchev–Trinajstić information content (AvgIpc) is 2.87. The first-order valence-corrected chi connectivity index (χ1v) is 7.98.